The number of ether oxygens (including phenoxy) is 1. The zero-order valence-electron chi connectivity index (χ0n) is 41.4. The van der Waals surface area contributed by atoms with E-state index in [4.69, 9.17) is 9.15 Å². The van der Waals surface area contributed by atoms with Crippen LogP contribution in [-0.2, 0) is 10.8 Å². The molecule has 0 bridgehead atoms. The Hall–Kier alpha value is -9.44. The van der Waals surface area contributed by atoms with E-state index in [1.807, 2.05) is 12.1 Å². The van der Waals surface area contributed by atoms with Crippen LogP contribution in [0.1, 0.15) is 47.2 Å². The fourth-order valence-corrected chi connectivity index (χ4v) is 13.5. The van der Waals surface area contributed by atoms with Crippen molar-refractivity contribution in [1.29, 1.82) is 0 Å². The molecule has 2 heterocycles. The van der Waals surface area contributed by atoms with Crippen LogP contribution in [-0.4, -0.2) is 0 Å². The molecular formula is C72H47NO2. The van der Waals surface area contributed by atoms with Gasteiger partial charge in [0.05, 0.1) is 5.41 Å². The second-order valence-corrected chi connectivity index (χ2v) is 21.1. The van der Waals surface area contributed by atoms with Crippen molar-refractivity contribution in [2.24, 2.45) is 0 Å². The van der Waals surface area contributed by atoms with Crippen molar-refractivity contribution in [2.75, 3.05) is 4.90 Å². The Kier molecular flexibility index (Phi) is 8.72. The van der Waals surface area contributed by atoms with Gasteiger partial charge in [0.1, 0.15) is 22.7 Å². The fraction of sp³-hybridized carbons (Fsp3) is 0.0556. The van der Waals surface area contributed by atoms with Crippen LogP contribution in [0.5, 0.6) is 11.5 Å². The van der Waals surface area contributed by atoms with Crippen molar-refractivity contribution >= 4 is 60.5 Å². The lowest BCUT2D eigenvalue weighted by Gasteiger charge is -2.40. The predicted molar refractivity (Wildman–Crippen MR) is 309 cm³/mol. The van der Waals surface area contributed by atoms with Gasteiger partial charge in [-0.2, -0.15) is 0 Å². The number of fused-ring (bicyclic) bond motifs is 19. The third-order valence-corrected chi connectivity index (χ3v) is 16.9. The Morgan fingerprint density at radius 2 is 0.853 bits per heavy atom. The fourth-order valence-electron chi connectivity index (χ4n) is 13.5. The Bertz CT molecular complexity index is 4450. The summed E-state index contributed by atoms with van der Waals surface area (Å²) in [7, 11) is 0. The normalized spacial score (nSPS) is 14.1. The van der Waals surface area contributed by atoms with Crippen molar-refractivity contribution in [3.8, 4) is 56.0 Å². The summed E-state index contributed by atoms with van der Waals surface area (Å²) < 4.78 is 13.6. The molecule has 3 nitrogen and oxygen atoms in total. The summed E-state index contributed by atoms with van der Waals surface area (Å²) >= 11 is 0. The summed E-state index contributed by atoms with van der Waals surface area (Å²) in [4.78, 5) is 2.42. The van der Waals surface area contributed by atoms with Gasteiger partial charge in [-0.15, -0.1) is 0 Å². The van der Waals surface area contributed by atoms with E-state index in [9.17, 15) is 0 Å². The molecule has 0 saturated heterocycles. The number of anilines is 3. The average Bonchev–Trinajstić information content (AvgIpc) is 4.29. The van der Waals surface area contributed by atoms with Gasteiger partial charge < -0.3 is 14.1 Å². The zero-order valence-corrected chi connectivity index (χ0v) is 41.4. The van der Waals surface area contributed by atoms with Gasteiger partial charge in [-0.1, -0.05) is 208 Å². The first kappa shape index (κ1) is 42.1. The van der Waals surface area contributed by atoms with E-state index in [0.717, 1.165) is 88.7 Å². The maximum Gasteiger partial charge on any atom is 0.140 e. The smallest absolute Gasteiger partial charge is 0.140 e. The Balaban J connectivity index is 0.851. The van der Waals surface area contributed by atoms with E-state index in [1.54, 1.807) is 0 Å². The van der Waals surface area contributed by atoms with Crippen molar-refractivity contribution < 1.29 is 9.15 Å². The number of rotatable bonds is 5. The number of para-hydroxylation sites is 1. The second-order valence-electron chi connectivity index (χ2n) is 21.1. The molecule has 16 rings (SSSR count). The highest BCUT2D eigenvalue weighted by atomic mass is 16.5. The Morgan fingerprint density at radius 1 is 0.320 bits per heavy atom. The van der Waals surface area contributed by atoms with Crippen LogP contribution in [0.15, 0.2) is 253 Å². The molecule has 0 unspecified atom stereocenters. The van der Waals surface area contributed by atoms with Gasteiger partial charge in [0.2, 0.25) is 0 Å². The lowest BCUT2D eigenvalue weighted by Crippen LogP contribution is -2.32. The largest absolute Gasteiger partial charge is 0.456 e. The summed E-state index contributed by atoms with van der Waals surface area (Å²) in [6, 6.07) is 91.5. The predicted octanol–water partition coefficient (Wildman–Crippen LogP) is 19.5. The Morgan fingerprint density at radius 3 is 1.57 bits per heavy atom. The maximum absolute atomic E-state index is 7.24. The molecule has 2 aliphatic carbocycles. The van der Waals surface area contributed by atoms with Gasteiger partial charge in [0.15, 0.2) is 0 Å². The molecule has 352 valence electrons. The van der Waals surface area contributed by atoms with Crippen molar-refractivity contribution in [3.63, 3.8) is 0 Å². The first-order valence-electron chi connectivity index (χ1n) is 26.1. The standard InChI is InChI=1S/C72H47NO2/c1-71(2)60-22-10-7-18-55(60)56-39-37-51(43-65(56)71)73(49-33-26-44(27-34-49)48-30-38-58-57-19-9-12-25-66(57)74-67(58)42-48)50-35-28-47(29-36-50)52-21-13-24-62-68(52)59-20-8-11-23-61(59)72(62)63-40-31-45-14-3-5-16-53(45)69(63)75-70-54-17-6-4-15-46(54)32-41-64(70)72/h3-43H,1-2H3. The molecule has 0 radical (unpaired) electrons. The number of benzene rings is 12. The van der Waals surface area contributed by atoms with E-state index in [0.29, 0.717) is 0 Å². The zero-order chi connectivity index (χ0) is 49.6. The number of nitrogens with zero attached hydrogens (tertiary/aromatic N) is 1. The highest BCUT2D eigenvalue weighted by Crippen LogP contribution is 2.65. The van der Waals surface area contributed by atoms with E-state index in [-0.39, 0.29) is 5.41 Å². The minimum Gasteiger partial charge on any atom is -0.456 e. The van der Waals surface area contributed by atoms with Crippen LogP contribution in [0, 0.1) is 0 Å². The minimum atomic E-state index is -0.624. The number of hydrogen-bond acceptors (Lipinski definition) is 3. The van der Waals surface area contributed by atoms with Crippen LogP contribution in [0.4, 0.5) is 17.1 Å². The molecule has 0 N–H and O–H groups in total. The Labute approximate surface area is 435 Å². The van der Waals surface area contributed by atoms with Gasteiger partial charge in [-0.05, 0) is 132 Å². The van der Waals surface area contributed by atoms with E-state index >= 15 is 0 Å². The summed E-state index contributed by atoms with van der Waals surface area (Å²) in [6.45, 7) is 4.72. The first-order valence-corrected chi connectivity index (χ1v) is 26.1. The van der Waals surface area contributed by atoms with Crippen LogP contribution in [0.2, 0.25) is 0 Å². The van der Waals surface area contributed by atoms with Crippen molar-refractivity contribution in [2.45, 2.75) is 24.7 Å². The second kappa shape index (κ2) is 15.5. The molecule has 1 aliphatic heterocycles. The number of furan rings is 1. The van der Waals surface area contributed by atoms with Gasteiger partial charge in [-0.25, -0.2) is 0 Å². The molecule has 0 atom stereocenters. The molecule has 0 saturated carbocycles. The van der Waals surface area contributed by atoms with Gasteiger partial charge in [0.25, 0.3) is 0 Å². The average molecular weight is 958 g/mol. The third kappa shape index (κ3) is 5.87. The molecule has 3 heteroatoms. The molecule has 1 aromatic heterocycles. The van der Waals surface area contributed by atoms with Gasteiger partial charge in [-0.3, -0.25) is 0 Å². The molecule has 3 aliphatic rings. The monoisotopic (exact) mass is 957 g/mol. The van der Waals surface area contributed by atoms with Crippen molar-refractivity contribution in [1.82, 2.24) is 0 Å². The van der Waals surface area contributed by atoms with E-state index in [1.165, 1.54) is 61.2 Å². The third-order valence-electron chi connectivity index (χ3n) is 16.9. The summed E-state index contributed by atoms with van der Waals surface area (Å²) in [5.41, 5.74) is 21.6. The topological polar surface area (TPSA) is 25.6 Å². The molecular weight excluding hydrogens is 911 g/mol. The molecule has 1 spiro atoms. The SMILES string of the molecule is CC1(C)c2ccccc2-c2ccc(N(c3ccc(-c4ccc5c(c4)oc4ccccc45)cc3)c3ccc(-c4cccc5c4-c4ccccc4C54c5ccc6ccccc6c5Oc5c4ccc4ccccc54)cc3)cc21. The van der Waals surface area contributed by atoms with Gasteiger partial charge >= 0.3 is 0 Å². The van der Waals surface area contributed by atoms with Gasteiger partial charge in [0, 0.05) is 55.1 Å². The van der Waals surface area contributed by atoms with E-state index < -0.39 is 5.41 Å². The highest BCUT2D eigenvalue weighted by molar-refractivity contribution is 6.06. The number of hydrogen-bond donors (Lipinski definition) is 0. The summed E-state index contributed by atoms with van der Waals surface area (Å²) in [5, 5.41) is 6.83. The maximum atomic E-state index is 7.24. The molecule has 0 fully saturated rings. The van der Waals surface area contributed by atoms with Crippen LogP contribution >= 0.6 is 0 Å². The minimum absolute atomic E-state index is 0.149. The van der Waals surface area contributed by atoms with E-state index in [2.05, 4.69) is 255 Å². The first-order chi connectivity index (χ1) is 36.9. The molecule has 75 heavy (non-hydrogen) atoms. The highest BCUT2D eigenvalue weighted by Gasteiger charge is 2.52. The lowest BCUT2D eigenvalue weighted by molar-refractivity contribution is 0.447. The van der Waals surface area contributed by atoms with Crippen LogP contribution < -0.4 is 9.64 Å². The lowest BCUT2D eigenvalue weighted by atomic mass is 9.65. The quantitative estimate of drug-likeness (QED) is 0.172. The summed E-state index contributed by atoms with van der Waals surface area (Å²) in [6.07, 6.45) is 0. The molecule has 12 aromatic carbocycles. The summed E-state index contributed by atoms with van der Waals surface area (Å²) in [5.74, 6) is 1.85. The molecule has 13 aromatic rings. The van der Waals surface area contributed by atoms with Crippen LogP contribution in [0.3, 0.4) is 0 Å². The van der Waals surface area contributed by atoms with Crippen molar-refractivity contribution in [3.05, 3.63) is 282 Å². The van der Waals surface area contributed by atoms with Crippen LogP contribution in [0.25, 0.3) is 88.0 Å². The molecule has 0 amide bonds.